The smallest absolute Gasteiger partial charge is 0.239 e. The maximum Gasteiger partial charge on any atom is 0.239 e. The summed E-state index contributed by atoms with van der Waals surface area (Å²) in [5.41, 5.74) is 5.85. The van der Waals surface area contributed by atoms with E-state index in [-0.39, 0.29) is 30.3 Å². The predicted molar refractivity (Wildman–Crippen MR) is 87.6 cm³/mol. The highest BCUT2D eigenvalue weighted by Crippen LogP contribution is 2.32. The number of amides is 2. The van der Waals surface area contributed by atoms with Crippen LogP contribution < -0.4 is 25.8 Å². The fraction of sp³-hybridized carbons (Fsp3) is 0.500. The average molecular weight is 323 g/mol. The minimum atomic E-state index is -0.362. The molecule has 0 radical (unpaired) electrons. The second-order valence-electron chi connectivity index (χ2n) is 5.71. The molecule has 128 valence electrons. The Morgan fingerprint density at radius 2 is 1.74 bits per heavy atom. The van der Waals surface area contributed by atoms with E-state index >= 15 is 0 Å². The van der Waals surface area contributed by atoms with Gasteiger partial charge in [-0.3, -0.25) is 9.59 Å². The highest BCUT2D eigenvalue weighted by molar-refractivity contribution is 5.85. The zero-order chi connectivity index (χ0) is 17.5. The molecule has 0 aliphatic heterocycles. The van der Waals surface area contributed by atoms with E-state index in [1.807, 2.05) is 32.0 Å². The Morgan fingerprint density at radius 1 is 1.09 bits per heavy atom. The normalized spacial score (nSPS) is 10.8. The first-order valence-electron chi connectivity index (χ1n) is 7.30. The largest absolute Gasteiger partial charge is 0.493 e. The average Bonchev–Trinajstić information content (AvgIpc) is 2.56. The van der Waals surface area contributed by atoms with Gasteiger partial charge in [0.2, 0.25) is 11.8 Å². The number of methoxy groups -OCH3 is 2. The molecule has 0 aliphatic rings. The standard InChI is InChI=1S/C16H25N3O4/c1-16(2,10-19-15(21)9-18-14(20)8-17)11-5-6-12(22-3)13(7-11)23-4/h5-7H,8-10,17H2,1-4H3,(H,18,20)(H,19,21). The number of ether oxygens (including phenoxy) is 2. The lowest BCUT2D eigenvalue weighted by atomic mass is 9.84. The highest BCUT2D eigenvalue weighted by Gasteiger charge is 2.23. The molecule has 0 saturated heterocycles. The fourth-order valence-corrected chi connectivity index (χ4v) is 1.99. The van der Waals surface area contributed by atoms with Crippen LogP contribution in [0.3, 0.4) is 0 Å². The number of hydrogen-bond acceptors (Lipinski definition) is 5. The van der Waals surface area contributed by atoms with Gasteiger partial charge in [0.15, 0.2) is 11.5 Å². The van der Waals surface area contributed by atoms with Gasteiger partial charge in [0, 0.05) is 12.0 Å². The summed E-state index contributed by atoms with van der Waals surface area (Å²) >= 11 is 0. The summed E-state index contributed by atoms with van der Waals surface area (Å²) in [5, 5.41) is 5.23. The van der Waals surface area contributed by atoms with Crippen molar-refractivity contribution in [3.05, 3.63) is 23.8 Å². The van der Waals surface area contributed by atoms with Crippen LogP contribution in [0.2, 0.25) is 0 Å². The van der Waals surface area contributed by atoms with Crippen LogP contribution in [0.1, 0.15) is 19.4 Å². The molecular weight excluding hydrogens is 298 g/mol. The summed E-state index contributed by atoms with van der Waals surface area (Å²) in [4.78, 5) is 22.8. The molecule has 0 unspecified atom stereocenters. The van der Waals surface area contributed by atoms with E-state index in [9.17, 15) is 9.59 Å². The van der Waals surface area contributed by atoms with Crippen molar-refractivity contribution < 1.29 is 19.1 Å². The number of nitrogens with one attached hydrogen (secondary N) is 2. The van der Waals surface area contributed by atoms with Gasteiger partial charge in [0.25, 0.3) is 0 Å². The number of carbonyl (C=O) groups excluding carboxylic acids is 2. The first kappa shape index (κ1) is 18.8. The summed E-state index contributed by atoms with van der Waals surface area (Å²) in [5.74, 6) is 0.667. The van der Waals surface area contributed by atoms with E-state index in [1.54, 1.807) is 14.2 Å². The zero-order valence-electron chi connectivity index (χ0n) is 14.1. The van der Waals surface area contributed by atoms with Crippen molar-refractivity contribution in [2.24, 2.45) is 5.73 Å². The molecule has 2 amide bonds. The molecule has 0 heterocycles. The second-order valence-corrected chi connectivity index (χ2v) is 5.71. The van der Waals surface area contributed by atoms with E-state index in [1.165, 1.54) is 0 Å². The maximum atomic E-state index is 11.8. The summed E-state index contributed by atoms with van der Waals surface area (Å²) in [6.45, 7) is 4.21. The number of rotatable bonds is 8. The summed E-state index contributed by atoms with van der Waals surface area (Å²) in [7, 11) is 3.16. The topological polar surface area (TPSA) is 103 Å². The third-order valence-electron chi connectivity index (χ3n) is 3.52. The van der Waals surface area contributed by atoms with Crippen LogP contribution in [0.15, 0.2) is 18.2 Å². The molecule has 0 bridgehead atoms. The molecule has 1 rings (SSSR count). The van der Waals surface area contributed by atoms with Crippen molar-refractivity contribution in [3.8, 4) is 11.5 Å². The third kappa shape index (κ3) is 5.45. The molecular formula is C16H25N3O4. The van der Waals surface area contributed by atoms with Gasteiger partial charge in [0.05, 0.1) is 27.3 Å². The molecule has 0 spiro atoms. The Hall–Kier alpha value is -2.28. The van der Waals surface area contributed by atoms with E-state index in [2.05, 4.69) is 10.6 Å². The Kier molecular flexibility index (Phi) is 6.84. The molecule has 7 nitrogen and oxygen atoms in total. The van der Waals surface area contributed by atoms with Crippen LogP contribution >= 0.6 is 0 Å². The van der Waals surface area contributed by atoms with Gasteiger partial charge in [0.1, 0.15) is 0 Å². The van der Waals surface area contributed by atoms with Crippen LogP contribution in [-0.4, -0.2) is 45.7 Å². The number of hydrogen-bond donors (Lipinski definition) is 3. The van der Waals surface area contributed by atoms with Crippen LogP contribution in [0.5, 0.6) is 11.5 Å². The Balaban J connectivity index is 2.68. The van der Waals surface area contributed by atoms with Crippen molar-refractivity contribution in [3.63, 3.8) is 0 Å². The van der Waals surface area contributed by atoms with E-state index in [4.69, 9.17) is 15.2 Å². The van der Waals surface area contributed by atoms with Gasteiger partial charge in [-0.05, 0) is 17.7 Å². The van der Waals surface area contributed by atoms with Gasteiger partial charge in [-0.25, -0.2) is 0 Å². The van der Waals surface area contributed by atoms with Crippen molar-refractivity contribution in [1.29, 1.82) is 0 Å². The summed E-state index contributed by atoms with van der Waals surface area (Å²) in [6.07, 6.45) is 0. The lowest BCUT2D eigenvalue weighted by Gasteiger charge is -2.26. The molecule has 1 aromatic rings. The van der Waals surface area contributed by atoms with Gasteiger partial charge >= 0.3 is 0 Å². The first-order valence-corrected chi connectivity index (χ1v) is 7.30. The van der Waals surface area contributed by atoms with Crippen molar-refractivity contribution in [2.45, 2.75) is 19.3 Å². The minimum Gasteiger partial charge on any atom is -0.493 e. The second kappa shape index (κ2) is 8.38. The monoisotopic (exact) mass is 323 g/mol. The highest BCUT2D eigenvalue weighted by atomic mass is 16.5. The van der Waals surface area contributed by atoms with Crippen LogP contribution in [0.25, 0.3) is 0 Å². The van der Waals surface area contributed by atoms with Gasteiger partial charge in [-0.2, -0.15) is 0 Å². The zero-order valence-corrected chi connectivity index (χ0v) is 14.1. The van der Waals surface area contributed by atoms with Crippen molar-refractivity contribution in [1.82, 2.24) is 10.6 Å². The van der Waals surface area contributed by atoms with Crippen molar-refractivity contribution >= 4 is 11.8 Å². The number of carbonyl (C=O) groups is 2. The van der Waals surface area contributed by atoms with Gasteiger partial charge in [-0.15, -0.1) is 0 Å². The minimum absolute atomic E-state index is 0.0853. The fourth-order valence-electron chi connectivity index (χ4n) is 1.99. The first-order chi connectivity index (χ1) is 10.8. The Morgan fingerprint density at radius 3 is 2.30 bits per heavy atom. The third-order valence-corrected chi connectivity index (χ3v) is 3.52. The number of nitrogens with two attached hydrogens (primary N) is 1. The molecule has 0 aromatic heterocycles. The van der Waals surface area contributed by atoms with E-state index < -0.39 is 0 Å². The summed E-state index contributed by atoms with van der Waals surface area (Å²) in [6, 6.07) is 5.66. The molecule has 0 atom stereocenters. The van der Waals surface area contributed by atoms with Gasteiger partial charge in [-0.1, -0.05) is 19.9 Å². The maximum absolute atomic E-state index is 11.8. The lowest BCUT2D eigenvalue weighted by molar-refractivity contribution is -0.125. The molecule has 0 saturated carbocycles. The van der Waals surface area contributed by atoms with E-state index in [0.29, 0.717) is 18.0 Å². The van der Waals surface area contributed by atoms with Gasteiger partial charge < -0.3 is 25.8 Å². The quantitative estimate of drug-likeness (QED) is 0.633. The van der Waals surface area contributed by atoms with Crippen LogP contribution in [-0.2, 0) is 15.0 Å². The molecule has 4 N–H and O–H groups in total. The van der Waals surface area contributed by atoms with Crippen molar-refractivity contribution in [2.75, 3.05) is 33.9 Å². The predicted octanol–water partition coefficient (Wildman–Crippen LogP) is 0.173. The number of benzene rings is 1. The molecule has 1 aromatic carbocycles. The lowest BCUT2D eigenvalue weighted by Crippen LogP contribution is -2.43. The van der Waals surface area contributed by atoms with Crippen LogP contribution in [0.4, 0.5) is 0 Å². The molecule has 0 aliphatic carbocycles. The molecule has 23 heavy (non-hydrogen) atoms. The molecule has 7 heteroatoms. The van der Waals surface area contributed by atoms with Crippen LogP contribution in [0, 0.1) is 0 Å². The van der Waals surface area contributed by atoms with E-state index in [0.717, 1.165) is 5.56 Å². The Bertz CT molecular complexity index is 558. The summed E-state index contributed by atoms with van der Waals surface area (Å²) < 4.78 is 10.5. The molecule has 0 fully saturated rings. The SMILES string of the molecule is COc1ccc(C(C)(C)CNC(=O)CNC(=O)CN)cc1OC. The Labute approximate surface area is 136 Å².